The lowest BCUT2D eigenvalue weighted by Gasteiger charge is -2.06. The number of nitrogens with two attached hydrogens (primary N) is 1. The highest BCUT2D eigenvalue weighted by atomic mass is 16.7. The Morgan fingerprint density at radius 3 is 2.65 bits per heavy atom. The summed E-state index contributed by atoms with van der Waals surface area (Å²) in [5.74, 6) is 1.67. The zero-order chi connectivity index (χ0) is 12.0. The van der Waals surface area contributed by atoms with Crippen molar-refractivity contribution in [3.05, 3.63) is 23.4 Å². The standard InChI is InChI=1S/C13H16N2O2/c1-8-9(2)15(4-3-14)11-6-13-12(5-10(8)11)16-7-17-13/h5-6H,3-4,7,14H2,1-2H3. The molecule has 1 aliphatic rings. The minimum absolute atomic E-state index is 0.316. The summed E-state index contributed by atoms with van der Waals surface area (Å²) in [6.45, 7) is 6.04. The van der Waals surface area contributed by atoms with Crippen LogP contribution in [-0.4, -0.2) is 17.9 Å². The molecule has 0 bridgehead atoms. The SMILES string of the molecule is Cc1c(C)n(CCN)c2cc3c(cc12)OCO3. The van der Waals surface area contributed by atoms with Gasteiger partial charge in [-0.1, -0.05) is 0 Å². The van der Waals surface area contributed by atoms with Crippen LogP contribution in [0, 0.1) is 13.8 Å². The van der Waals surface area contributed by atoms with Crippen LogP contribution in [0.1, 0.15) is 11.3 Å². The van der Waals surface area contributed by atoms with E-state index in [1.807, 2.05) is 6.07 Å². The van der Waals surface area contributed by atoms with Crippen LogP contribution in [0.5, 0.6) is 11.5 Å². The monoisotopic (exact) mass is 232 g/mol. The number of ether oxygens (including phenoxy) is 2. The maximum atomic E-state index is 5.67. The average Bonchev–Trinajstić information content (AvgIpc) is 2.87. The van der Waals surface area contributed by atoms with E-state index in [-0.39, 0.29) is 0 Å². The van der Waals surface area contributed by atoms with Gasteiger partial charge in [0.05, 0.1) is 5.52 Å². The molecule has 2 N–H and O–H groups in total. The van der Waals surface area contributed by atoms with Gasteiger partial charge in [0.25, 0.3) is 0 Å². The summed E-state index contributed by atoms with van der Waals surface area (Å²) >= 11 is 0. The fourth-order valence-corrected chi connectivity index (χ4v) is 2.45. The van der Waals surface area contributed by atoms with E-state index >= 15 is 0 Å². The summed E-state index contributed by atoms with van der Waals surface area (Å²) in [6.07, 6.45) is 0. The van der Waals surface area contributed by atoms with E-state index in [0.29, 0.717) is 13.3 Å². The van der Waals surface area contributed by atoms with Crippen LogP contribution < -0.4 is 15.2 Å². The molecular formula is C13H16N2O2. The smallest absolute Gasteiger partial charge is 0.231 e. The second kappa shape index (κ2) is 3.67. The number of rotatable bonds is 2. The molecule has 0 saturated heterocycles. The minimum atomic E-state index is 0.316. The Hall–Kier alpha value is -1.68. The van der Waals surface area contributed by atoms with Gasteiger partial charge >= 0.3 is 0 Å². The lowest BCUT2D eigenvalue weighted by atomic mass is 10.1. The molecule has 1 aromatic carbocycles. The van der Waals surface area contributed by atoms with Crippen LogP contribution in [-0.2, 0) is 6.54 Å². The van der Waals surface area contributed by atoms with Gasteiger partial charge in [-0.05, 0) is 25.5 Å². The first-order valence-corrected chi connectivity index (χ1v) is 5.81. The van der Waals surface area contributed by atoms with Gasteiger partial charge in [-0.3, -0.25) is 0 Å². The third-order valence-corrected chi connectivity index (χ3v) is 3.49. The van der Waals surface area contributed by atoms with Crippen molar-refractivity contribution in [2.24, 2.45) is 5.73 Å². The van der Waals surface area contributed by atoms with Crippen molar-refractivity contribution in [1.29, 1.82) is 0 Å². The fraction of sp³-hybridized carbons (Fsp3) is 0.385. The summed E-state index contributed by atoms with van der Waals surface area (Å²) in [5, 5.41) is 1.22. The lowest BCUT2D eigenvalue weighted by molar-refractivity contribution is 0.174. The van der Waals surface area contributed by atoms with E-state index < -0.39 is 0 Å². The van der Waals surface area contributed by atoms with Crippen LogP contribution >= 0.6 is 0 Å². The Bertz CT molecular complexity index is 587. The van der Waals surface area contributed by atoms with Crippen LogP contribution in [0.25, 0.3) is 10.9 Å². The second-order valence-corrected chi connectivity index (χ2v) is 4.37. The average molecular weight is 232 g/mol. The van der Waals surface area contributed by atoms with E-state index in [0.717, 1.165) is 18.0 Å². The zero-order valence-corrected chi connectivity index (χ0v) is 10.1. The molecule has 1 aliphatic heterocycles. The van der Waals surface area contributed by atoms with Crippen LogP contribution in [0.15, 0.2) is 12.1 Å². The normalized spacial score (nSPS) is 13.6. The van der Waals surface area contributed by atoms with Crippen molar-refractivity contribution in [1.82, 2.24) is 4.57 Å². The molecule has 90 valence electrons. The molecule has 0 atom stereocenters. The molecule has 3 rings (SSSR count). The van der Waals surface area contributed by atoms with Crippen molar-refractivity contribution < 1.29 is 9.47 Å². The molecule has 4 heteroatoms. The van der Waals surface area contributed by atoms with Gasteiger partial charge in [0.15, 0.2) is 11.5 Å². The van der Waals surface area contributed by atoms with Gasteiger partial charge < -0.3 is 19.8 Å². The van der Waals surface area contributed by atoms with Crippen molar-refractivity contribution in [2.45, 2.75) is 20.4 Å². The largest absolute Gasteiger partial charge is 0.454 e. The number of hydrogen-bond acceptors (Lipinski definition) is 3. The van der Waals surface area contributed by atoms with E-state index in [2.05, 4.69) is 24.5 Å². The number of aryl methyl sites for hydroxylation is 1. The summed E-state index contributed by atoms with van der Waals surface area (Å²) in [5.41, 5.74) is 9.38. The Balaban J connectivity index is 2.30. The number of nitrogens with zero attached hydrogens (tertiary/aromatic N) is 1. The van der Waals surface area contributed by atoms with Crippen LogP contribution in [0.3, 0.4) is 0 Å². The maximum Gasteiger partial charge on any atom is 0.231 e. The van der Waals surface area contributed by atoms with Gasteiger partial charge in [0.2, 0.25) is 6.79 Å². The first-order valence-electron chi connectivity index (χ1n) is 5.81. The van der Waals surface area contributed by atoms with Gasteiger partial charge in [-0.25, -0.2) is 0 Å². The number of fused-ring (bicyclic) bond motifs is 2. The third-order valence-electron chi connectivity index (χ3n) is 3.49. The molecule has 1 aromatic heterocycles. The minimum Gasteiger partial charge on any atom is -0.454 e. The second-order valence-electron chi connectivity index (χ2n) is 4.37. The predicted molar refractivity (Wildman–Crippen MR) is 66.6 cm³/mol. The van der Waals surface area contributed by atoms with Crippen molar-refractivity contribution in [3.63, 3.8) is 0 Å². The Morgan fingerprint density at radius 2 is 1.94 bits per heavy atom. The molecule has 0 fully saturated rings. The van der Waals surface area contributed by atoms with E-state index in [1.54, 1.807) is 0 Å². The van der Waals surface area contributed by atoms with E-state index in [1.165, 1.54) is 22.2 Å². The quantitative estimate of drug-likeness (QED) is 0.861. The highest BCUT2D eigenvalue weighted by Crippen LogP contribution is 2.38. The molecule has 0 amide bonds. The molecule has 2 aromatic rings. The molecule has 0 spiro atoms. The first kappa shape index (κ1) is 10.5. The van der Waals surface area contributed by atoms with Crippen molar-refractivity contribution >= 4 is 10.9 Å². The van der Waals surface area contributed by atoms with E-state index in [4.69, 9.17) is 15.2 Å². The van der Waals surface area contributed by atoms with Gasteiger partial charge in [0.1, 0.15) is 0 Å². The summed E-state index contributed by atoms with van der Waals surface area (Å²) in [7, 11) is 0. The number of benzene rings is 1. The van der Waals surface area contributed by atoms with Crippen LogP contribution in [0.4, 0.5) is 0 Å². The molecule has 4 nitrogen and oxygen atoms in total. The maximum absolute atomic E-state index is 5.67. The topological polar surface area (TPSA) is 49.4 Å². The zero-order valence-electron chi connectivity index (χ0n) is 10.1. The highest BCUT2D eigenvalue weighted by molar-refractivity contribution is 5.88. The van der Waals surface area contributed by atoms with Gasteiger partial charge in [-0.2, -0.15) is 0 Å². The number of hydrogen-bond donors (Lipinski definition) is 1. The van der Waals surface area contributed by atoms with Gasteiger partial charge in [-0.15, -0.1) is 0 Å². The summed E-state index contributed by atoms with van der Waals surface area (Å²) < 4.78 is 13.1. The molecule has 0 saturated carbocycles. The Morgan fingerprint density at radius 1 is 1.24 bits per heavy atom. The lowest BCUT2D eigenvalue weighted by Crippen LogP contribution is -2.10. The summed E-state index contributed by atoms with van der Waals surface area (Å²) in [6, 6.07) is 4.11. The first-order chi connectivity index (χ1) is 8.22. The van der Waals surface area contributed by atoms with Crippen molar-refractivity contribution in [2.75, 3.05) is 13.3 Å². The molecular weight excluding hydrogens is 216 g/mol. The number of aromatic nitrogens is 1. The van der Waals surface area contributed by atoms with E-state index in [9.17, 15) is 0 Å². The molecule has 17 heavy (non-hydrogen) atoms. The molecule has 2 heterocycles. The molecule has 0 unspecified atom stereocenters. The Labute approximate surface area is 99.9 Å². The predicted octanol–water partition coefficient (Wildman–Crippen LogP) is 1.95. The molecule has 0 radical (unpaired) electrons. The Kier molecular flexibility index (Phi) is 2.26. The summed E-state index contributed by atoms with van der Waals surface area (Å²) in [4.78, 5) is 0. The molecule has 0 aliphatic carbocycles. The third kappa shape index (κ3) is 1.41. The van der Waals surface area contributed by atoms with Crippen molar-refractivity contribution in [3.8, 4) is 11.5 Å². The highest BCUT2D eigenvalue weighted by Gasteiger charge is 2.18. The van der Waals surface area contributed by atoms with Gasteiger partial charge in [0, 0.05) is 30.2 Å². The van der Waals surface area contributed by atoms with Crippen LogP contribution in [0.2, 0.25) is 0 Å². The fourth-order valence-electron chi connectivity index (χ4n) is 2.45.